The smallest absolute Gasteiger partial charge is 0.265 e. The highest BCUT2D eigenvalue weighted by Crippen LogP contribution is 2.38. The molecular weight excluding hydrogens is 362 g/mol. The Morgan fingerprint density at radius 1 is 1.30 bits per heavy atom. The number of pyridine rings is 1. The summed E-state index contributed by atoms with van der Waals surface area (Å²) in [5.74, 6) is 0.575. The highest BCUT2D eigenvalue weighted by molar-refractivity contribution is 7.15. The lowest BCUT2D eigenvalue weighted by atomic mass is 10.1. The van der Waals surface area contributed by atoms with Crippen LogP contribution in [-0.4, -0.2) is 40.7 Å². The summed E-state index contributed by atoms with van der Waals surface area (Å²) in [6.45, 7) is 2.56. The molecule has 0 spiro atoms. The van der Waals surface area contributed by atoms with Gasteiger partial charge in [-0.05, 0) is 43.7 Å². The summed E-state index contributed by atoms with van der Waals surface area (Å²) in [5, 5.41) is 9.99. The van der Waals surface area contributed by atoms with Crippen LogP contribution in [0.2, 0.25) is 0 Å². The molecule has 3 aromatic rings. The van der Waals surface area contributed by atoms with E-state index in [4.69, 9.17) is 14.8 Å². The van der Waals surface area contributed by atoms with E-state index in [-0.39, 0.29) is 19.1 Å². The van der Waals surface area contributed by atoms with Crippen LogP contribution in [0.1, 0.15) is 11.3 Å². The predicted molar refractivity (Wildman–Crippen MR) is 105 cm³/mol. The van der Waals surface area contributed by atoms with E-state index in [0.717, 1.165) is 32.5 Å². The van der Waals surface area contributed by atoms with E-state index >= 15 is 0 Å². The molecule has 0 radical (unpaired) electrons. The van der Waals surface area contributed by atoms with Gasteiger partial charge in [-0.25, -0.2) is 4.98 Å². The molecule has 1 amide bonds. The first-order valence-corrected chi connectivity index (χ1v) is 9.56. The minimum absolute atomic E-state index is 0.0251. The summed E-state index contributed by atoms with van der Waals surface area (Å²) in [5.41, 5.74) is 3.38. The van der Waals surface area contributed by atoms with Crippen molar-refractivity contribution >= 4 is 22.9 Å². The van der Waals surface area contributed by atoms with Crippen molar-refractivity contribution in [3.63, 3.8) is 0 Å². The van der Waals surface area contributed by atoms with Crippen molar-refractivity contribution in [2.45, 2.75) is 13.3 Å². The molecule has 0 saturated heterocycles. The molecule has 1 aliphatic rings. The molecule has 0 saturated carbocycles. The number of carbonyl (C=O) groups is 1. The molecule has 0 fully saturated rings. The zero-order valence-corrected chi connectivity index (χ0v) is 15.7. The van der Waals surface area contributed by atoms with Gasteiger partial charge in [-0.3, -0.25) is 9.78 Å². The van der Waals surface area contributed by atoms with Gasteiger partial charge in [-0.1, -0.05) is 6.07 Å². The fourth-order valence-corrected chi connectivity index (χ4v) is 4.00. The number of thiazole rings is 1. The fourth-order valence-electron chi connectivity index (χ4n) is 3.09. The topological polar surface area (TPSA) is 75.5 Å². The predicted octanol–water partition coefficient (Wildman–Crippen LogP) is 3.29. The van der Waals surface area contributed by atoms with Crippen molar-refractivity contribution in [2.75, 3.05) is 24.7 Å². The fraction of sp³-hybridized carbons (Fsp3) is 0.250. The van der Waals surface area contributed by atoms with Crippen molar-refractivity contribution in [1.82, 2.24) is 9.97 Å². The van der Waals surface area contributed by atoms with E-state index in [0.29, 0.717) is 18.7 Å². The quantitative estimate of drug-likeness (QED) is 0.734. The number of hydrogen-bond acceptors (Lipinski definition) is 6. The maximum Gasteiger partial charge on any atom is 0.265 e. The Kier molecular flexibility index (Phi) is 4.87. The number of hydrogen-bond donors (Lipinski definition) is 1. The zero-order valence-electron chi connectivity index (χ0n) is 14.9. The van der Waals surface area contributed by atoms with Crippen LogP contribution in [0.25, 0.3) is 22.0 Å². The van der Waals surface area contributed by atoms with Crippen LogP contribution in [0, 0.1) is 6.92 Å². The molecule has 6 nitrogen and oxygen atoms in total. The maximum absolute atomic E-state index is 12.3. The van der Waals surface area contributed by atoms with Crippen LogP contribution in [0.15, 0.2) is 42.6 Å². The van der Waals surface area contributed by atoms with Crippen LogP contribution in [0.4, 0.5) is 5.69 Å². The Morgan fingerprint density at radius 2 is 2.19 bits per heavy atom. The van der Waals surface area contributed by atoms with Gasteiger partial charge in [0.25, 0.3) is 5.91 Å². The van der Waals surface area contributed by atoms with E-state index in [2.05, 4.69) is 4.98 Å². The number of aromatic nitrogens is 2. The van der Waals surface area contributed by atoms with Crippen molar-refractivity contribution in [1.29, 1.82) is 0 Å². The highest BCUT2D eigenvalue weighted by Gasteiger charge is 2.26. The Balaban J connectivity index is 1.73. The largest absolute Gasteiger partial charge is 0.482 e. The van der Waals surface area contributed by atoms with Gasteiger partial charge in [-0.15, -0.1) is 11.3 Å². The second kappa shape index (κ2) is 7.46. The van der Waals surface area contributed by atoms with Gasteiger partial charge in [0.2, 0.25) is 0 Å². The van der Waals surface area contributed by atoms with E-state index in [1.807, 2.05) is 43.3 Å². The monoisotopic (exact) mass is 381 g/mol. The van der Waals surface area contributed by atoms with Gasteiger partial charge in [0.15, 0.2) is 6.61 Å². The molecule has 1 aromatic carbocycles. The van der Waals surface area contributed by atoms with E-state index in [1.165, 1.54) is 0 Å². The first-order valence-electron chi connectivity index (χ1n) is 8.74. The molecule has 0 atom stereocenters. The summed E-state index contributed by atoms with van der Waals surface area (Å²) >= 11 is 1.60. The van der Waals surface area contributed by atoms with Gasteiger partial charge < -0.3 is 14.7 Å². The average Bonchev–Trinajstić information content (AvgIpc) is 3.09. The molecule has 27 heavy (non-hydrogen) atoms. The Morgan fingerprint density at radius 3 is 2.96 bits per heavy atom. The van der Waals surface area contributed by atoms with Gasteiger partial charge >= 0.3 is 0 Å². The van der Waals surface area contributed by atoms with Gasteiger partial charge in [0.1, 0.15) is 10.8 Å². The Hall–Kier alpha value is -2.77. The molecular formula is C20H19N3O3S. The number of anilines is 1. The molecule has 4 rings (SSSR count). The number of ether oxygens (including phenoxy) is 1. The summed E-state index contributed by atoms with van der Waals surface area (Å²) in [6, 6.07) is 11.5. The minimum atomic E-state index is -0.0997. The average molecular weight is 381 g/mol. The number of amides is 1. The summed E-state index contributed by atoms with van der Waals surface area (Å²) in [6.07, 6.45) is 2.28. The summed E-state index contributed by atoms with van der Waals surface area (Å²) in [4.78, 5) is 24.2. The third-order valence-corrected chi connectivity index (χ3v) is 5.39. The number of aliphatic hydroxyl groups is 1. The highest BCUT2D eigenvalue weighted by atomic mass is 32.1. The maximum atomic E-state index is 12.3. The lowest BCUT2D eigenvalue weighted by Gasteiger charge is -2.29. The Bertz CT molecular complexity index is 972. The van der Waals surface area contributed by atoms with E-state index < -0.39 is 0 Å². The molecule has 0 aliphatic carbocycles. The molecule has 138 valence electrons. The minimum Gasteiger partial charge on any atom is -0.482 e. The van der Waals surface area contributed by atoms with Gasteiger partial charge in [-0.2, -0.15) is 0 Å². The van der Waals surface area contributed by atoms with E-state index in [9.17, 15) is 4.79 Å². The number of aliphatic hydroxyl groups excluding tert-OH is 1. The summed E-state index contributed by atoms with van der Waals surface area (Å²) in [7, 11) is 0. The zero-order chi connectivity index (χ0) is 18.8. The number of rotatable bonds is 5. The standard InChI is InChI=1S/C20H19N3O3S/c1-13-19(22-20(27-13)15-5-2-3-8-21-15)14-6-7-17-16(11-14)23(9-4-10-24)18(25)12-26-17/h2-3,5-8,11,24H,4,9-10,12H2,1H3. The van der Waals surface area contributed by atoms with Crippen molar-refractivity contribution < 1.29 is 14.6 Å². The van der Waals surface area contributed by atoms with Crippen LogP contribution in [0.5, 0.6) is 5.75 Å². The molecule has 3 heterocycles. The second-order valence-electron chi connectivity index (χ2n) is 6.23. The third kappa shape index (κ3) is 3.43. The lowest BCUT2D eigenvalue weighted by Crippen LogP contribution is -2.39. The Labute approximate surface area is 161 Å². The van der Waals surface area contributed by atoms with Crippen molar-refractivity contribution in [3.05, 3.63) is 47.5 Å². The van der Waals surface area contributed by atoms with Gasteiger partial charge in [0.05, 0.1) is 17.1 Å². The normalized spacial score (nSPS) is 13.4. The van der Waals surface area contributed by atoms with E-state index in [1.54, 1.807) is 22.4 Å². The number of nitrogens with zero attached hydrogens (tertiary/aromatic N) is 3. The SMILES string of the molecule is Cc1sc(-c2ccccn2)nc1-c1ccc2c(c1)N(CCCO)C(=O)CO2. The number of benzene rings is 1. The molecule has 7 heteroatoms. The summed E-state index contributed by atoms with van der Waals surface area (Å²) < 4.78 is 5.56. The molecule has 0 unspecified atom stereocenters. The first kappa shape index (κ1) is 17.6. The van der Waals surface area contributed by atoms with Crippen LogP contribution < -0.4 is 9.64 Å². The third-order valence-electron chi connectivity index (χ3n) is 4.40. The van der Waals surface area contributed by atoms with Crippen molar-refractivity contribution in [3.8, 4) is 27.7 Å². The molecule has 2 aromatic heterocycles. The molecule has 1 aliphatic heterocycles. The molecule has 1 N–H and O–H groups in total. The van der Waals surface area contributed by atoms with Crippen LogP contribution in [0.3, 0.4) is 0 Å². The van der Waals surface area contributed by atoms with Crippen LogP contribution in [-0.2, 0) is 4.79 Å². The first-order chi connectivity index (χ1) is 13.2. The van der Waals surface area contributed by atoms with Crippen molar-refractivity contribution in [2.24, 2.45) is 0 Å². The molecule has 0 bridgehead atoms. The number of fused-ring (bicyclic) bond motifs is 1. The number of carbonyl (C=O) groups excluding carboxylic acids is 1. The lowest BCUT2D eigenvalue weighted by molar-refractivity contribution is -0.121. The van der Waals surface area contributed by atoms with Crippen LogP contribution >= 0.6 is 11.3 Å². The number of aryl methyl sites for hydroxylation is 1. The second-order valence-corrected chi connectivity index (χ2v) is 7.44. The van der Waals surface area contributed by atoms with Gasteiger partial charge in [0, 0.05) is 29.8 Å².